The summed E-state index contributed by atoms with van der Waals surface area (Å²) in [7, 11) is 0. The topological polar surface area (TPSA) is 55.8 Å². The van der Waals surface area contributed by atoms with E-state index in [-0.39, 0.29) is 37.2 Å². The van der Waals surface area contributed by atoms with Crippen molar-refractivity contribution in [2.45, 2.75) is 32.6 Å². The first-order valence-electron chi connectivity index (χ1n) is 7.90. The van der Waals surface area contributed by atoms with Crippen molar-refractivity contribution < 1.29 is 23.5 Å². The Hall–Kier alpha value is -2.11. The maximum Gasteiger partial charge on any atom is 0.325 e. The lowest BCUT2D eigenvalue weighted by Gasteiger charge is -2.16. The maximum atomic E-state index is 14.3. The van der Waals surface area contributed by atoms with Gasteiger partial charge in [0.2, 0.25) is 5.91 Å². The summed E-state index contributed by atoms with van der Waals surface area (Å²) in [5.41, 5.74) is 0.480. The number of likely N-dealkylation sites (tertiary alicyclic amines) is 1. The van der Waals surface area contributed by atoms with E-state index in [4.69, 9.17) is 9.47 Å². The summed E-state index contributed by atoms with van der Waals surface area (Å²) < 4.78 is 24.5. The summed E-state index contributed by atoms with van der Waals surface area (Å²) >= 11 is 0. The van der Waals surface area contributed by atoms with Crippen LogP contribution < -0.4 is 4.74 Å². The molecule has 126 valence electrons. The number of hydrogen-bond acceptors (Lipinski definition) is 4. The Morgan fingerprint density at radius 2 is 2.17 bits per heavy atom. The van der Waals surface area contributed by atoms with E-state index >= 15 is 0 Å². The fourth-order valence-electron chi connectivity index (χ4n) is 2.64. The minimum Gasteiger partial charge on any atom is -0.494 e. The van der Waals surface area contributed by atoms with Crippen molar-refractivity contribution in [3.63, 3.8) is 0 Å². The lowest BCUT2D eigenvalue weighted by atomic mass is 9.97. The summed E-state index contributed by atoms with van der Waals surface area (Å²) in [5, 5.41) is 0. The van der Waals surface area contributed by atoms with Crippen LogP contribution in [-0.4, -0.2) is 43.1 Å². The molecule has 0 unspecified atom stereocenters. The first-order chi connectivity index (χ1) is 11.0. The van der Waals surface area contributed by atoms with Gasteiger partial charge in [-0.15, -0.1) is 0 Å². The number of esters is 1. The minimum absolute atomic E-state index is 0.0809. The molecule has 1 aromatic rings. The van der Waals surface area contributed by atoms with Gasteiger partial charge >= 0.3 is 5.97 Å². The molecule has 23 heavy (non-hydrogen) atoms. The number of nitrogens with zero attached hydrogens (tertiary/aromatic N) is 1. The van der Waals surface area contributed by atoms with Crippen molar-refractivity contribution in [1.82, 2.24) is 4.90 Å². The van der Waals surface area contributed by atoms with Gasteiger partial charge in [0, 0.05) is 24.9 Å². The van der Waals surface area contributed by atoms with Crippen LogP contribution in [0.25, 0.3) is 0 Å². The van der Waals surface area contributed by atoms with E-state index in [1.165, 1.54) is 11.0 Å². The van der Waals surface area contributed by atoms with E-state index < -0.39 is 5.97 Å². The highest BCUT2D eigenvalue weighted by atomic mass is 19.1. The van der Waals surface area contributed by atoms with Crippen LogP contribution in [0, 0.1) is 5.82 Å². The third-order valence-electron chi connectivity index (χ3n) is 3.72. The molecule has 1 aromatic carbocycles. The highest BCUT2D eigenvalue weighted by Gasteiger charge is 2.33. The van der Waals surface area contributed by atoms with Crippen LogP contribution in [-0.2, 0) is 14.3 Å². The van der Waals surface area contributed by atoms with Crippen LogP contribution in [0.2, 0.25) is 0 Å². The summed E-state index contributed by atoms with van der Waals surface area (Å²) in [6.07, 6.45) is 1.05. The smallest absolute Gasteiger partial charge is 0.325 e. The zero-order valence-electron chi connectivity index (χ0n) is 13.5. The number of benzene rings is 1. The summed E-state index contributed by atoms with van der Waals surface area (Å²) in [4.78, 5) is 24.9. The molecular formula is C17H22FNO4. The average molecular weight is 323 g/mol. The largest absolute Gasteiger partial charge is 0.494 e. The van der Waals surface area contributed by atoms with Gasteiger partial charge in [-0.25, -0.2) is 4.39 Å². The first kappa shape index (κ1) is 17.2. The zero-order chi connectivity index (χ0) is 16.8. The Labute approximate surface area is 135 Å². The third kappa shape index (κ3) is 4.43. The standard InChI is InChI=1S/C17H22FNO4/c1-3-7-23-13-5-6-14(15(18)9-13)12-8-16(20)19(10-12)11-17(21)22-4-2/h5-6,9,12H,3-4,7-8,10-11H2,1-2H3/t12-/m0/s1. The predicted molar refractivity (Wildman–Crippen MR) is 82.8 cm³/mol. The molecule has 2 rings (SSSR count). The van der Waals surface area contributed by atoms with Gasteiger partial charge in [0.05, 0.1) is 13.2 Å². The van der Waals surface area contributed by atoms with Crippen LogP contribution >= 0.6 is 0 Å². The van der Waals surface area contributed by atoms with Gasteiger partial charge in [-0.2, -0.15) is 0 Å². The number of rotatable bonds is 7. The molecule has 1 atom stereocenters. The van der Waals surface area contributed by atoms with Crippen LogP contribution in [0.15, 0.2) is 18.2 Å². The van der Waals surface area contributed by atoms with Crippen LogP contribution in [0.4, 0.5) is 4.39 Å². The Kier molecular flexibility index (Phi) is 5.96. The molecule has 0 bridgehead atoms. The van der Waals surface area contributed by atoms with E-state index in [1.54, 1.807) is 19.1 Å². The summed E-state index contributed by atoms with van der Waals surface area (Å²) in [5.74, 6) is -0.744. The minimum atomic E-state index is -0.440. The van der Waals surface area contributed by atoms with Crippen LogP contribution in [0.5, 0.6) is 5.75 Å². The van der Waals surface area contributed by atoms with Gasteiger partial charge in [0.25, 0.3) is 0 Å². The first-order valence-corrected chi connectivity index (χ1v) is 7.90. The molecule has 1 heterocycles. The highest BCUT2D eigenvalue weighted by Crippen LogP contribution is 2.31. The molecule has 0 aromatic heterocycles. The van der Waals surface area contributed by atoms with Gasteiger partial charge in [-0.1, -0.05) is 13.0 Å². The number of hydrogen-bond donors (Lipinski definition) is 0. The molecular weight excluding hydrogens is 301 g/mol. The van der Waals surface area contributed by atoms with Crippen molar-refractivity contribution in [3.05, 3.63) is 29.6 Å². The molecule has 1 saturated heterocycles. The zero-order valence-corrected chi connectivity index (χ0v) is 13.5. The maximum absolute atomic E-state index is 14.3. The Morgan fingerprint density at radius 3 is 2.83 bits per heavy atom. The fourth-order valence-corrected chi connectivity index (χ4v) is 2.64. The monoisotopic (exact) mass is 323 g/mol. The van der Waals surface area contributed by atoms with Gasteiger partial charge in [0.15, 0.2) is 0 Å². The second kappa shape index (κ2) is 7.94. The van der Waals surface area contributed by atoms with Crippen molar-refractivity contribution in [3.8, 4) is 5.75 Å². The van der Waals surface area contributed by atoms with Crippen molar-refractivity contribution in [2.75, 3.05) is 26.3 Å². The number of halogens is 1. The fraction of sp³-hybridized carbons (Fsp3) is 0.529. The molecule has 0 spiro atoms. The lowest BCUT2D eigenvalue weighted by Crippen LogP contribution is -2.32. The molecule has 0 radical (unpaired) electrons. The Bertz CT molecular complexity index is 576. The molecule has 6 heteroatoms. The van der Waals surface area contributed by atoms with E-state index in [0.29, 0.717) is 24.5 Å². The molecule has 1 aliphatic rings. The van der Waals surface area contributed by atoms with E-state index in [0.717, 1.165) is 6.42 Å². The van der Waals surface area contributed by atoms with Gasteiger partial charge in [-0.05, 0) is 25.0 Å². The van der Waals surface area contributed by atoms with E-state index in [2.05, 4.69) is 0 Å². The quantitative estimate of drug-likeness (QED) is 0.724. The SMILES string of the molecule is CCCOc1ccc([C@H]2CC(=O)N(CC(=O)OCC)C2)c(F)c1. The van der Waals surface area contributed by atoms with Crippen molar-refractivity contribution >= 4 is 11.9 Å². The molecule has 1 aliphatic heterocycles. The van der Waals surface area contributed by atoms with Crippen LogP contribution in [0.3, 0.4) is 0 Å². The highest BCUT2D eigenvalue weighted by molar-refractivity contribution is 5.84. The van der Waals surface area contributed by atoms with Crippen molar-refractivity contribution in [1.29, 1.82) is 0 Å². The van der Waals surface area contributed by atoms with Gasteiger partial charge in [0.1, 0.15) is 18.1 Å². The molecule has 1 amide bonds. The number of amides is 1. The summed E-state index contributed by atoms with van der Waals surface area (Å²) in [6.45, 7) is 4.75. The predicted octanol–water partition coefficient (Wildman–Crippen LogP) is 2.49. The number of ether oxygens (including phenoxy) is 2. The van der Waals surface area contributed by atoms with E-state index in [1.807, 2.05) is 6.92 Å². The number of carbonyl (C=O) groups is 2. The van der Waals surface area contributed by atoms with Crippen LogP contribution in [0.1, 0.15) is 38.2 Å². The molecule has 0 N–H and O–H groups in total. The van der Waals surface area contributed by atoms with Gasteiger partial charge in [-0.3, -0.25) is 9.59 Å². The average Bonchev–Trinajstić information content (AvgIpc) is 2.86. The van der Waals surface area contributed by atoms with Gasteiger partial charge < -0.3 is 14.4 Å². The number of carbonyl (C=O) groups excluding carboxylic acids is 2. The molecule has 0 saturated carbocycles. The second-order valence-electron chi connectivity index (χ2n) is 5.51. The van der Waals surface area contributed by atoms with Crippen molar-refractivity contribution in [2.24, 2.45) is 0 Å². The molecule has 1 fully saturated rings. The normalized spacial score (nSPS) is 17.4. The molecule has 0 aliphatic carbocycles. The second-order valence-corrected chi connectivity index (χ2v) is 5.51. The third-order valence-corrected chi connectivity index (χ3v) is 3.72. The lowest BCUT2D eigenvalue weighted by molar-refractivity contribution is -0.147. The van der Waals surface area contributed by atoms with E-state index in [9.17, 15) is 14.0 Å². The summed E-state index contributed by atoms with van der Waals surface area (Å²) in [6, 6.07) is 4.72. The molecule has 5 nitrogen and oxygen atoms in total. The Morgan fingerprint density at radius 1 is 1.39 bits per heavy atom. The Balaban J connectivity index is 2.02.